The topological polar surface area (TPSA) is 137 Å². The Labute approximate surface area is 122 Å². The number of nitrogens with zero attached hydrogens (tertiary/aromatic N) is 1. The number of esters is 1. The zero-order chi connectivity index (χ0) is 16.0. The summed E-state index contributed by atoms with van der Waals surface area (Å²) in [6.45, 7) is 1.62. The van der Waals surface area contributed by atoms with E-state index in [1.807, 2.05) is 5.32 Å². The van der Waals surface area contributed by atoms with Gasteiger partial charge in [-0.05, 0) is 6.92 Å². The van der Waals surface area contributed by atoms with Crippen molar-refractivity contribution in [2.45, 2.75) is 6.92 Å². The van der Waals surface area contributed by atoms with Crippen LogP contribution in [-0.2, 0) is 9.47 Å². The number of alkyl carbamates (subject to hydrolysis) is 1. The molecule has 1 rings (SSSR count). The van der Waals surface area contributed by atoms with Gasteiger partial charge in [-0.1, -0.05) is 11.3 Å². The molecule has 0 atom stereocenters. The molecular formula is C10H11N3O7S. The highest BCUT2D eigenvalue weighted by Gasteiger charge is 2.24. The van der Waals surface area contributed by atoms with E-state index in [-0.39, 0.29) is 22.2 Å². The van der Waals surface area contributed by atoms with Gasteiger partial charge >= 0.3 is 23.1 Å². The van der Waals surface area contributed by atoms with Crippen LogP contribution in [0.2, 0.25) is 0 Å². The number of urea groups is 1. The van der Waals surface area contributed by atoms with Crippen molar-refractivity contribution in [3.63, 3.8) is 0 Å². The summed E-state index contributed by atoms with van der Waals surface area (Å²) in [4.78, 5) is 43.8. The van der Waals surface area contributed by atoms with Crippen molar-refractivity contribution in [2.75, 3.05) is 19.0 Å². The van der Waals surface area contributed by atoms with Crippen LogP contribution in [0.3, 0.4) is 0 Å². The molecule has 0 aliphatic heterocycles. The van der Waals surface area contributed by atoms with Crippen LogP contribution >= 0.6 is 11.3 Å². The highest BCUT2D eigenvalue weighted by Crippen LogP contribution is 2.33. The predicted octanol–water partition coefficient (Wildman–Crippen LogP) is 1.72. The Morgan fingerprint density at radius 2 is 2.10 bits per heavy atom. The molecule has 11 heteroatoms. The van der Waals surface area contributed by atoms with Crippen molar-refractivity contribution in [3.8, 4) is 0 Å². The van der Waals surface area contributed by atoms with Crippen molar-refractivity contribution in [2.24, 2.45) is 0 Å². The Hall–Kier alpha value is -2.69. The summed E-state index contributed by atoms with van der Waals surface area (Å²) in [6, 6.07) is -0.00641. The number of nitrogens with one attached hydrogen (secondary N) is 2. The first-order valence-electron chi connectivity index (χ1n) is 5.50. The number of ether oxygens (including phenoxy) is 2. The van der Waals surface area contributed by atoms with Gasteiger partial charge in [0.2, 0.25) is 0 Å². The zero-order valence-corrected chi connectivity index (χ0v) is 11.8. The maximum atomic E-state index is 11.5. The number of rotatable bonds is 4. The smallest absolute Gasteiger partial charge is 0.415 e. The molecule has 1 aromatic heterocycles. The fourth-order valence-corrected chi connectivity index (χ4v) is 2.07. The molecule has 0 aliphatic carbocycles. The van der Waals surface area contributed by atoms with E-state index in [0.29, 0.717) is 11.3 Å². The van der Waals surface area contributed by atoms with E-state index in [1.54, 1.807) is 6.92 Å². The Morgan fingerprint density at radius 1 is 1.43 bits per heavy atom. The molecule has 0 aromatic carbocycles. The van der Waals surface area contributed by atoms with Gasteiger partial charge in [-0.2, -0.15) is 0 Å². The van der Waals surface area contributed by atoms with E-state index in [2.05, 4.69) is 14.8 Å². The summed E-state index contributed by atoms with van der Waals surface area (Å²) in [5.74, 6) is -0.848. The number of thiophene rings is 1. The number of amides is 3. The quantitative estimate of drug-likeness (QED) is 0.490. The number of methoxy groups -OCH3 is 1. The number of hydrogen-bond acceptors (Lipinski definition) is 8. The number of carbonyl (C=O) groups excluding carboxylic acids is 3. The van der Waals surface area contributed by atoms with Crippen LogP contribution in [0.5, 0.6) is 0 Å². The number of nitro groups is 1. The fourth-order valence-electron chi connectivity index (χ4n) is 1.22. The third-order valence-electron chi connectivity index (χ3n) is 2.01. The van der Waals surface area contributed by atoms with E-state index < -0.39 is 23.0 Å². The average molecular weight is 317 g/mol. The molecule has 0 radical (unpaired) electrons. The highest BCUT2D eigenvalue weighted by molar-refractivity contribution is 7.17. The molecule has 114 valence electrons. The summed E-state index contributed by atoms with van der Waals surface area (Å²) in [5.41, 5.74) is -0.139. The first kappa shape index (κ1) is 16.4. The number of anilines is 1. The minimum atomic E-state index is -0.994. The normalized spacial score (nSPS) is 9.62. The molecule has 0 aliphatic rings. The lowest BCUT2D eigenvalue weighted by Crippen LogP contribution is -2.35. The van der Waals surface area contributed by atoms with Crippen molar-refractivity contribution < 1.29 is 28.8 Å². The number of carbonyl (C=O) groups is 3. The van der Waals surface area contributed by atoms with Crippen LogP contribution in [0.25, 0.3) is 0 Å². The molecule has 1 heterocycles. The largest absolute Gasteiger partial charge is 0.465 e. The van der Waals surface area contributed by atoms with Crippen LogP contribution in [0.4, 0.5) is 20.3 Å². The summed E-state index contributed by atoms with van der Waals surface area (Å²) >= 11 is 0.539. The van der Waals surface area contributed by atoms with Gasteiger partial charge < -0.3 is 14.8 Å². The fraction of sp³-hybridized carbons (Fsp3) is 0.300. The van der Waals surface area contributed by atoms with Gasteiger partial charge in [0, 0.05) is 0 Å². The van der Waals surface area contributed by atoms with Crippen molar-refractivity contribution >= 4 is 40.1 Å². The minimum Gasteiger partial charge on any atom is -0.465 e. The second kappa shape index (κ2) is 7.19. The molecule has 0 spiro atoms. The number of imide groups is 1. The number of hydrogen-bond donors (Lipinski definition) is 2. The molecule has 3 amide bonds. The third kappa shape index (κ3) is 4.42. The van der Waals surface area contributed by atoms with Gasteiger partial charge in [0.1, 0.15) is 4.88 Å². The van der Waals surface area contributed by atoms with Crippen LogP contribution in [-0.4, -0.2) is 36.7 Å². The molecule has 21 heavy (non-hydrogen) atoms. The van der Waals surface area contributed by atoms with E-state index in [9.17, 15) is 24.5 Å². The van der Waals surface area contributed by atoms with Gasteiger partial charge in [0.15, 0.2) is 0 Å². The highest BCUT2D eigenvalue weighted by atomic mass is 32.1. The van der Waals surface area contributed by atoms with Crippen LogP contribution in [0.1, 0.15) is 16.6 Å². The zero-order valence-electron chi connectivity index (χ0n) is 11.0. The van der Waals surface area contributed by atoms with Crippen LogP contribution in [0, 0.1) is 10.1 Å². The Bertz CT molecular complexity index is 583. The first-order valence-corrected chi connectivity index (χ1v) is 6.32. The van der Waals surface area contributed by atoms with Gasteiger partial charge in [-0.15, -0.1) is 0 Å². The summed E-state index contributed by atoms with van der Waals surface area (Å²) in [6.07, 6.45) is -0.987. The van der Waals surface area contributed by atoms with Crippen molar-refractivity contribution in [1.82, 2.24) is 5.32 Å². The Balaban J connectivity index is 2.90. The molecular weight excluding hydrogens is 306 g/mol. The SMILES string of the molecule is CCOC(=O)NC(=O)Nc1cc([N+](=O)[O-])sc1C(=O)OC. The van der Waals surface area contributed by atoms with Crippen molar-refractivity contribution in [1.29, 1.82) is 0 Å². The first-order chi connectivity index (χ1) is 9.88. The summed E-state index contributed by atoms with van der Waals surface area (Å²) in [7, 11) is 1.09. The van der Waals surface area contributed by atoms with E-state index in [1.165, 1.54) is 0 Å². The molecule has 0 saturated heterocycles. The molecule has 1 aromatic rings. The summed E-state index contributed by atoms with van der Waals surface area (Å²) in [5, 5.41) is 14.3. The molecule has 0 fully saturated rings. The monoisotopic (exact) mass is 317 g/mol. The minimum absolute atomic E-state index is 0.0659. The van der Waals surface area contributed by atoms with E-state index >= 15 is 0 Å². The second-order valence-electron chi connectivity index (χ2n) is 3.38. The van der Waals surface area contributed by atoms with Crippen LogP contribution in [0.15, 0.2) is 6.07 Å². The molecule has 0 unspecified atom stereocenters. The van der Waals surface area contributed by atoms with Gasteiger partial charge in [-0.25, -0.2) is 19.7 Å². The van der Waals surface area contributed by atoms with Crippen LogP contribution < -0.4 is 10.6 Å². The van der Waals surface area contributed by atoms with Crippen molar-refractivity contribution in [3.05, 3.63) is 21.1 Å². The third-order valence-corrected chi connectivity index (χ3v) is 3.08. The molecule has 10 nitrogen and oxygen atoms in total. The lowest BCUT2D eigenvalue weighted by Gasteiger charge is -2.06. The Kier molecular flexibility index (Phi) is 5.60. The Morgan fingerprint density at radius 3 is 2.62 bits per heavy atom. The maximum absolute atomic E-state index is 11.5. The predicted molar refractivity (Wildman–Crippen MR) is 71.5 cm³/mol. The van der Waals surface area contributed by atoms with E-state index in [0.717, 1.165) is 13.2 Å². The molecule has 0 saturated carbocycles. The van der Waals surface area contributed by atoms with E-state index in [4.69, 9.17) is 0 Å². The summed E-state index contributed by atoms with van der Waals surface area (Å²) < 4.78 is 8.94. The maximum Gasteiger partial charge on any atom is 0.415 e. The second-order valence-corrected chi connectivity index (χ2v) is 4.41. The van der Waals surface area contributed by atoms with Gasteiger partial charge in [-0.3, -0.25) is 10.1 Å². The average Bonchev–Trinajstić information content (AvgIpc) is 2.81. The van der Waals surface area contributed by atoms with Gasteiger partial charge in [0.25, 0.3) is 0 Å². The lowest BCUT2D eigenvalue weighted by molar-refractivity contribution is -0.380. The molecule has 2 N–H and O–H groups in total. The molecule has 0 bridgehead atoms. The van der Waals surface area contributed by atoms with Gasteiger partial charge in [0.05, 0.1) is 30.4 Å². The standard InChI is InChI=1S/C10H11N3O7S/c1-3-20-10(16)12-9(15)11-5-4-6(13(17)18)21-7(5)8(14)19-2/h4H,3H2,1-2H3,(H2,11,12,15,16). The lowest BCUT2D eigenvalue weighted by atomic mass is 10.4.